The van der Waals surface area contributed by atoms with Crippen LogP contribution in [-0.4, -0.2) is 49.9 Å². The molecule has 0 saturated carbocycles. The van der Waals surface area contributed by atoms with E-state index in [4.69, 9.17) is 9.47 Å². The zero-order chi connectivity index (χ0) is 31.1. The summed E-state index contributed by atoms with van der Waals surface area (Å²) in [5.41, 5.74) is -0.874. The first-order chi connectivity index (χ1) is 21.2. The van der Waals surface area contributed by atoms with E-state index < -0.39 is 41.4 Å². The molecule has 3 atom stereocenters. The number of rotatable bonds is 9. The minimum absolute atomic E-state index is 0.0334. The molecule has 5 aromatic rings. The van der Waals surface area contributed by atoms with Crippen LogP contribution in [0.4, 0.5) is 14.7 Å². The summed E-state index contributed by atoms with van der Waals surface area (Å²) in [6.07, 6.45) is -0.523. The number of hydrogen-bond donors (Lipinski definition) is 3. The Bertz CT molecular complexity index is 1770. The van der Waals surface area contributed by atoms with Crippen molar-refractivity contribution in [3.05, 3.63) is 118 Å². The van der Waals surface area contributed by atoms with Gasteiger partial charge in [-0.1, -0.05) is 86.6 Å². The molecule has 1 aliphatic rings. The summed E-state index contributed by atoms with van der Waals surface area (Å²) in [5.74, 6) is -3.99. The predicted molar refractivity (Wildman–Crippen MR) is 162 cm³/mol. The summed E-state index contributed by atoms with van der Waals surface area (Å²) in [6, 6.07) is 26.8. The summed E-state index contributed by atoms with van der Waals surface area (Å²) in [5, 5.41) is 13.5. The molecule has 11 heteroatoms. The molecule has 9 nitrogen and oxygen atoms in total. The topological polar surface area (TPSA) is 114 Å². The van der Waals surface area contributed by atoms with Gasteiger partial charge in [0.05, 0.1) is 26.0 Å². The van der Waals surface area contributed by atoms with Crippen molar-refractivity contribution < 1.29 is 23.4 Å². The maximum Gasteiger partial charge on any atom is 0.297 e. The minimum atomic E-state index is -3.38. The predicted octanol–water partition coefficient (Wildman–Crippen LogP) is 5.47. The number of aliphatic hydroxyl groups is 1. The smallest absolute Gasteiger partial charge is 0.297 e. The first-order valence-electron chi connectivity index (χ1n) is 14.4. The number of H-pyrrole nitrogens is 1. The fraction of sp³-hybridized carbons (Fsp3) is 0.303. The number of nitrogens with zero attached hydrogens (tertiary/aromatic N) is 3. The number of benzene rings is 3. The van der Waals surface area contributed by atoms with E-state index in [1.54, 1.807) is 14.0 Å². The number of aromatic nitrogens is 4. The molecule has 3 aromatic carbocycles. The van der Waals surface area contributed by atoms with E-state index in [1.807, 2.05) is 84.9 Å². The number of ether oxygens (including phenoxy) is 2. The van der Waals surface area contributed by atoms with Crippen LogP contribution in [0.3, 0.4) is 0 Å². The highest BCUT2D eigenvalue weighted by molar-refractivity contribution is 5.71. The number of anilines is 1. The zero-order valence-corrected chi connectivity index (χ0v) is 24.5. The number of methoxy groups -OCH3 is 1. The lowest BCUT2D eigenvalue weighted by atomic mass is 9.77. The number of aliphatic hydroxyl groups excluding tert-OH is 1. The zero-order valence-electron chi connectivity index (χ0n) is 24.5. The molecule has 1 aliphatic heterocycles. The van der Waals surface area contributed by atoms with E-state index in [-0.39, 0.29) is 23.5 Å². The van der Waals surface area contributed by atoms with Crippen LogP contribution in [0.15, 0.2) is 96.1 Å². The van der Waals surface area contributed by atoms with Crippen LogP contribution in [0, 0.1) is 5.92 Å². The molecule has 3 N–H and O–H groups in total. The first kappa shape index (κ1) is 29.5. The summed E-state index contributed by atoms with van der Waals surface area (Å²) >= 11 is 0. The fourth-order valence-electron chi connectivity index (χ4n) is 6.15. The van der Waals surface area contributed by atoms with E-state index >= 15 is 8.78 Å². The Labute approximate surface area is 252 Å². The van der Waals surface area contributed by atoms with Crippen molar-refractivity contribution in [2.75, 3.05) is 19.0 Å². The van der Waals surface area contributed by atoms with Crippen LogP contribution in [-0.2, 0) is 10.3 Å². The summed E-state index contributed by atoms with van der Waals surface area (Å²) in [7, 11) is 1.59. The van der Waals surface area contributed by atoms with Gasteiger partial charge in [-0.2, -0.15) is 4.98 Å². The van der Waals surface area contributed by atoms with Crippen LogP contribution < -0.4 is 15.6 Å². The van der Waals surface area contributed by atoms with Gasteiger partial charge in [0.15, 0.2) is 11.2 Å². The molecule has 1 fully saturated rings. The molecule has 0 aliphatic carbocycles. The Kier molecular flexibility index (Phi) is 7.46. The molecule has 1 saturated heterocycles. The molecule has 0 bridgehead atoms. The number of hydrogen-bond acceptors (Lipinski definition) is 7. The lowest BCUT2D eigenvalue weighted by molar-refractivity contribution is -0.141. The van der Waals surface area contributed by atoms with Gasteiger partial charge in [-0.25, -0.2) is 13.8 Å². The summed E-state index contributed by atoms with van der Waals surface area (Å²) in [6.45, 7) is 2.46. The SMILES string of the molecule is CC[C@@]1(CO)O[C@@H](n2cnc3c(=O)[nH]c(NC(c4ccccc4)(c4ccccc4)c4ccc(OC)cc4)nc32)C(F)(F)[C@@H]1C. The lowest BCUT2D eigenvalue weighted by Crippen LogP contribution is -2.41. The van der Waals surface area contributed by atoms with Gasteiger partial charge in [0.25, 0.3) is 11.5 Å². The van der Waals surface area contributed by atoms with Crippen LogP contribution in [0.5, 0.6) is 5.75 Å². The molecule has 0 spiro atoms. The van der Waals surface area contributed by atoms with Crippen LogP contribution in [0.2, 0.25) is 0 Å². The standard InChI is InChI=1S/C33H33F2N5O4/c1-4-31(19-41)21(2)33(34,35)29(44-31)40-20-36-26-27(40)37-30(38-28(26)42)39-32(22-11-7-5-8-12-22,23-13-9-6-10-14-23)24-15-17-25(43-3)18-16-24/h5-18,20-21,29,41H,4,19H2,1-3H3,(H2,37,38,39,42)/t21-,29-,31+/m1/s1. The van der Waals surface area contributed by atoms with E-state index in [0.29, 0.717) is 5.75 Å². The lowest BCUT2D eigenvalue weighted by Gasteiger charge is -2.37. The molecule has 44 heavy (non-hydrogen) atoms. The van der Waals surface area contributed by atoms with Gasteiger partial charge in [-0.05, 0) is 35.2 Å². The van der Waals surface area contributed by atoms with Gasteiger partial charge in [0, 0.05) is 0 Å². The molecule has 3 heterocycles. The molecule has 228 valence electrons. The van der Waals surface area contributed by atoms with E-state index in [9.17, 15) is 9.90 Å². The maximum absolute atomic E-state index is 15.7. The Morgan fingerprint density at radius 2 is 1.61 bits per heavy atom. The maximum atomic E-state index is 15.7. The number of imidazole rings is 1. The largest absolute Gasteiger partial charge is 0.497 e. The molecule has 2 aromatic heterocycles. The number of halogens is 2. The van der Waals surface area contributed by atoms with Gasteiger partial charge in [0.1, 0.15) is 16.9 Å². The van der Waals surface area contributed by atoms with Gasteiger partial charge in [-0.15, -0.1) is 0 Å². The number of alkyl halides is 2. The van der Waals surface area contributed by atoms with Crippen molar-refractivity contribution in [2.45, 2.75) is 43.6 Å². The second kappa shape index (κ2) is 11.1. The third-order valence-electron chi connectivity index (χ3n) is 8.84. The normalized spacial score (nSPS) is 21.4. The fourth-order valence-corrected chi connectivity index (χ4v) is 6.15. The third kappa shape index (κ3) is 4.54. The Hall–Kier alpha value is -4.61. The van der Waals surface area contributed by atoms with Crippen molar-refractivity contribution in [1.29, 1.82) is 0 Å². The second-order valence-electron chi connectivity index (χ2n) is 11.0. The summed E-state index contributed by atoms with van der Waals surface area (Å²) in [4.78, 5) is 24.9. The summed E-state index contributed by atoms with van der Waals surface area (Å²) < 4.78 is 43.8. The number of aromatic amines is 1. The average Bonchev–Trinajstić information content (AvgIpc) is 3.57. The number of fused-ring (bicyclic) bond motifs is 1. The van der Waals surface area contributed by atoms with Crippen molar-refractivity contribution in [2.24, 2.45) is 5.92 Å². The highest BCUT2D eigenvalue weighted by atomic mass is 19.3. The highest BCUT2D eigenvalue weighted by Gasteiger charge is 2.64. The van der Waals surface area contributed by atoms with Gasteiger partial charge in [0.2, 0.25) is 12.2 Å². The molecule has 0 unspecified atom stereocenters. The van der Waals surface area contributed by atoms with E-state index in [1.165, 1.54) is 6.92 Å². The van der Waals surface area contributed by atoms with Crippen LogP contribution in [0.1, 0.15) is 43.2 Å². The minimum Gasteiger partial charge on any atom is -0.497 e. The Morgan fingerprint density at radius 1 is 1.02 bits per heavy atom. The quantitative estimate of drug-likeness (QED) is 0.192. The first-order valence-corrected chi connectivity index (χ1v) is 14.4. The second-order valence-corrected chi connectivity index (χ2v) is 11.0. The van der Waals surface area contributed by atoms with E-state index in [0.717, 1.165) is 27.6 Å². The van der Waals surface area contributed by atoms with Gasteiger partial charge in [-0.3, -0.25) is 14.3 Å². The monoisotopic (exact) mass is 601 g/mol. The third-order valence-corrected chi connectivity index (χ3v) is 8.84. The van der Waals surface area contributed by atoms with Gasteiger partial charge >= 0.3 is 0 Å². The molecule has 0 radical (unpaired) electrons. The highest BCUT2D eigenvalue weighted by Crippen LogP contribution is 2.53. The van der Waals surface area contributed by atoms with Crippen molar-refractivity contribution >= 4 is 17.1 Å². The Balaban J connectivity index is 1.55. The Morgan fingerprint density at radius 3 is 2.14 bits per heavy atom. The van der Waals surface area contributed by atoms with Gasteiger partial charge < -0.3 is 19.9 Å². The van der Waals surface area contributed by atoms with Crippen molar-refractivity contribution in [1.82, 2.24) is 19.5 Å². The average molecular weight is 602 g/mol. The van der Waals surface area contributed by atoms with Crippen molar-refractivity contribution in [3.63, 3.8) is 0 Å². The van der Waals surface area contributed by atoms with E-state index in [2.05, 4.69) is 20.3 Å². The molecule has 6 rings (SSSR count). The number of nitrogens with one attached hydrogen (secondary N) is 2. The van der Waals surface area contributed by atoms with Crippen LogP contribution in [0.25, 0.3) is 11.2 Å². The molecular formula is C33H33F2N5O4. The molecular weight excluding hydrogens is 568 g/mol. The molecule has 0 amide bonds. The van der Waals surface area contributed by atoms with Crippen LogP contribution >= 0.6 is 0 Å². The van der Waals surface area contributed by atoms with Crippen molar-refractivity contribution in [3.8, 4) is 5.75 Å².